The van der Waals surface area contributed by atoms with Crippen LogP contribution in [0.2, 0.25) is 17.3 Å². The average Bonchev–Trinajstić information content (AvgIpc) is 2.40. The van der Waals surface area contributed by atoms with E-state index < -0.39 is 13.3 Å². The van der Waals surface area contributed by atoms with Gasteiger partial charge in [-0.1, -0.05) is 0 Å². The molecule has 1 heterocycles. The van der Waals surface area contributed by atoms with Gasteiger partial charge in [0.1, 0.15) is 0 Å². The summed E-state index contributed by atoms with van der Waals surface area (Å²) in [6.07, 6.45) is 3.57. The van der Waals surface area contributed by atoms with Crippen molar-refractivity contribution in [2.45, 2.75) is 58.3 Å². The van der Waals surface area contributed by atoms with E-state index in [0.29, 0.717) is 5.41 Å². The van der Waals surface area contributed by atoms with Gasteiger partial charge in [0.05, 0.1) is 0 Å². The fourth-order valence-corrected chi connectivity index (χ4v) is 6.94. The molecular weight excluding hydrogens is 351 g/mol. The molecule has 1 aromatic heterocycles. The molecule has 1 nitrogen and oxygen atoms in total. The SMILES string of the molecule is Cc1ccc(C)c(-c2cc(CC(C)(C)C)[c]([Ge]([CH3])([CH3])[CH3])c[n+]2C)c1. The molecular formula is C22H34GeN+. The van der Waals surface area contributed by atoms with Crippen molar-refractivity contribution in [3.8, 4) is 11.3 Å². The molecule has 0 fully saturated rings. The second-order valence-electron chi connectivity index (χ2n) is 9.51. The summed E-state index contributed by atoms with van der Waals surface area (Å²) in [6, 6.07) is 9.24. The molecule has 0 bridgehead atoms. The minimum absolute atomic E-state index is 0.307. The van der Waals surface area contributed by atoms with Crippen LogP contribution in [0.15, 0.2) is 30.5 Å². The fraction of sp³-hybridized carbons (Fsp3) is 0.500. The van der Waals surface area contributed by atoms with E-state index in [-0.39, 0.29) is 0 Å². The van der Waals surface area contributed by atoms with Crippen LogP contribution in [-0.2, 0) is 13.5 Å². The van der Waals surface area contributed by atoms with Gasteiger partial charge in [0.15, 0.2) is 0 Å². The van der Waals surface area contributed by atoms with Crippen molar-refractivity contribution < 1.29 is 4.57 Å². The predicted octanol–water partition coefficient (Wildman–Crippen LogP) is 4.93. The minimum atomic E-state index is -1.91. The van der Waals surface area contributed by atoms with E-state index in [2.05, 4.69) is 94.0 Å². The molecule has 0 aliphatic heterocycles. The van der Waals surface area contributed by atoms with Crippen LogP contribution >= 0.6 is 0 Å². The first-order valence-corrected chi connectivity index (χ1v) is 16.3. The van der Waals surface area contributed by atoms with Crippen LogP contribution in [0.1, 0.15) is 37.5 Å². The normalized spacial score (nSPS) is 12.5. The number of nitrogens with zero attached hydrogens (tertiary/aromatic N) is 1. The first-order chi connectivity index (χ1) is 10.9. The Kier molecular flexibility index (Phi) is 5.35. The molecule has 1 aromatic carbocycles. The summed E-state index contributed by atoms with van der Waals surface area (Å²) < 4.78 is 3.99. The van der Waals surface area contributed by atoms with Crippen LogP contribution in [0.3, 0.4) is 0 Å². The van der Waals surface area contributed by atoms with Crippen LogP contribution in [0.5, 0.6) is 0 Å². The second-order valence-corrected chi connectivity index (χ2v) is 20.1. The Morgan fingerprint density at radius 1 is 1.00 bits per heavy atom. The van der Waals surface area contributed by atoms with Gasteiger partial charge in [0, 0.05) is 0 Å². The maximum atomic E-state index is 2.50. The second kappa shape index (κ2) is 6.67. The molecule has 0 amide bonds. The fourth-order valence-electron chi connectivity index (χ4n) is 3.36. The molecule has 0 saturated carbocycles. The number of aryl methyl sites for hydroxylation is 3. The third kappa shape index (κ3) is 4.50. The molecule has 2 aromatic rings. The van der Waals surface area contributed by atoms with Crippen LogP contribution in [0.25, 0.3) is 11.3 Å². The van der Waals surface area contributed by atoms with E-state index >= 15 is 0 Å². The summed E-state index contributed by atoms with van der Waals surface area (Å²) in [5.41, 5.74) is 7.24. The Morgan fingerprint density at radius 3 is 2.17 bits per heavy atom. The molecule has 2 rings (SSSR count). The van der Waals surface area contributed by atoms with Crippen LogP contribution in [0.4, 0.5) is 0 Å². The molecule has 0 radical (unpaired) electrons. The first kappa shape index (κ1) is 19.2. The summed E-state index contributed by atoms with van der Waals surface area (Å²) in [4.78, 5) is 0. The molecule has 130 valence electrons. The van der Waals surface area contributed by atoms with E-state index in [4.69, 9.17) is 0 Å². The topological polar surface area (TPSA) is 3.88 Å². The monoisotopic (exact) mass is 386 g/mol. The van der Waals surface area contributed by atoms with Gasteiger partial charge in [-0.3, -0.25) is 0 Å². The average molecular weight is 385 g/mol. The van der Waals surface area contributed by atoms with Crippen molar-refractivity contribution in [2.24, 2.45) is 12.5 Å². The third-order valence-corrected chi connectivity index (χ3v) is 8.89. The van der Waals surface area contributed by atoms with Crippen molar-refractivity contribution in [2.75, 3.05) is 0 Å². The van der Waals surface area contributed by atoms with Crippen molar-refractivity contribution in [3.63, 3.8) is 0 Å². The van der Waals surface area contributed by atoms with E-state index in [0.717, 1.165) is 6.42 Å². The number of hydrogen-bond acceptors (Lipinski definition) is 0. The molecule has 0 N–H and O–H groups in total. The zero-order valence-corrected chi connectivity index (χ0v) is 19.1. The summed E-state index contributed by atoms with van der Waals surface area (Å²) >= 11 is -1.91. The Balaban J connectivity index is 2.71. The van der Waals surface area contributed by atoms with Crippen LogP contribution < -0.4 is 8.96 Å². The van der Waals surface area contributed by atoms with Gasteiger partial charge < -0.3 is 0 Å². The Bertz CT molecular complexity index is 746. The van der Waals surface area contributed by atoms with Crippen molar-refractivity contribution >= 4 is 17.7 Å². The summed E-state index contributed by atoms with van der Waals surface area (Å²) in [5.74, 6) is 7.50. The number of aromatic nitrogens is 1. The number of benzene rings is 1. The standard InChI is InChI=1S/C22H34GeN/c1-16-10-11-17(2)19(12-16)21-13-18(14-22(3,4)5)20(15-24(21)9)23(6,7)8/h10-13,15H,14H2,1-9H3/q+1. The van der Waals surface area contributed by atoms with E-state index in [1.807, 2.05) is 0 Å². The first-order valence-electron chi connectivity index (χ1n) is 8.99. The van der Waals surface area contributed by atoms with Gasteiger partial charge in [-0.25, -0.2) is 0 Å². The van der Waals surface area contributed by atoms with Crippen molar-refractivity contribution in [1.29, 1.82) is 0 Å². The molecule has 0 unspecified atom stereocenters. The summed E-state index contributed by atoms with van der Waals surface area (Å²) in [5, 5.41) is 0. The van der Waals surface area contributed by atoms with E-state index in [1.165, 1.54) is 22.4 Å². The molecule has 24 heavy (non-hydrogen) atoms. The number of hydrogen-bond donors (Lipinski definition) is 0. The van der Waals surface area contributed by atoms with Gasteiger partial charge in [0.2, 0.25) is 0 Å². The molecule has 2 heteroatoms. The molecule has 0 aliphatic rings. The van der Waals surface area contributed by atoms with Gasteiger partial charge in [-0.2, -0.15) is 0 Å². The predicted molar refractivity (Wildman–Crippen MR) is 109 cm³/mol. The van der Waals surface area contributed by atoms with Crippen LogP contribution in [-0.4, -0.2) is 13.3 Å². The molecule has 0 saturated heterocycles. The zero-order chi connectivity index (χ0) is 18.3. The Morgan fingerprint density at radius 2 is 1.62 bits per heavy atom. The van der Waals surface area contributed by atoms with Gasteiger partial charge in [-0.15, -0.1) is 0 Å². The third-order valence-electron chi connectivity index (χ3n) is 4.56. The number of rotatable bonds is 3. The van der Waals surface area contributed by atoms with Gasteiger partial charge in [-0.05, 0) is 0 Å². The van der Waals surface area contributed by atoms with Crippen molar-refractivity contribution in [3.05, 3.63) is 47.2 Å². The Labute approximate surface area is 151 Å². The van der Waals surface area contributed by atoms with Gasteiger partial charge in [0.25, 0.3) is 0 Å². The molecule has 0 spiro atoms. The van der Waals surface area contributed by atoms with Crippen LogP contribution in [0, 0.1) is 19.3 Å². The molecule has 0 aliphatic carbocycles. The number of pyridine rings is 1. The quantitative estimate of drug-likeness (QED) is 0.521. The Hall–Kier alpha value is -1.09. The van der Waals surface area contributed by atoms with E-state index in [1.54, 1.807) is 9.96 Å². The zero-order valence-electron chi connectivity index (χ0n) is 17.0. The maximum absolute atomic E-state index is 2.50. The van der Waals surface area contributed by atoms with Crippen molar-refractivity contribution in [1.82, 2.24) is 0 Å². The van der Waals surface area contributed by atoms with Gasteiger partial charge >= 0.3 is 151 Å². The molecule has 0 atom stereocenters. The summed E-state index contributed by atoms with van der Waals surface area (Å²) in [7, 11) is 2.20. The van der Waals surface area contributed by atoms with E-state index in [9.17, 15) is 0 Å². The summed E-state index contributed by atoms with van der Waals surface area (Å²) in [6.45, 7) is 11.4.